The second-order valence-corrected chi connectivity index (χ2v) is 5.11. The maximum Gasteiger partial charge on any atom is 0.253 e. The number of benzene rings is 2. The van der Waals surface area contributed by atoms with Crippen LogP contribution in [0.2, 0.25) is 0 Å². The minimum absolute atomic E-state index is 0.0464. The number of phenols is 1. The third-order valence-corrected chi connectivity index (χ3v) is 3.48. The van der Waals surface area contributed by atoms with Gasteiger partial charge in [-0.3, -0.25) is 4.79 Å². The Balaban J connectivity index is 1.80. The molecular weight excluding hydrogens is 264 g/mol. The van der Waals surface area contributed by atoms with Crippen LogP contribution in [-0.4, -0.2) is 27.9 Å². The van der Waals surface area contributed by atoms with Gasteiger partial charge in [-0.15, -0.1) is 0 Å². The van der Waals surface area contributed by atoms with E-state index in [0.29, 0.717) is 12.1 Å². The summed E-state index contributed by atoms with van der Waals surface area (Å²) in [5.74, 6) is 0.163. The third kappa shape index (κ3) is 2.74. The number of hydrogen-bond donors (Lipinski definition) is 2. The van der Waals surface area contributed by atoms with Crippen molar-refractivity contribution in [2.24, 2.45) is 0 Å². The number of nitrogens with one attached hydrogen (secondary N) is 1. The number of amides is 1. The molecule has 106 valence electrons. The average molecular weight is 280 g/mol. The van der Waals surface area contributed by atoms with E-state index >= 15 is 0 Å². The average Bonchev–Trinajstić information content (AvgIpc) is 2.93. The van der Waals surface area contributed by atoms with Crippen molar-refractivity contribution in [1.29, 1.82) is 0 Å². The van der Waals surface area contributed by atoms with Crippen molar-refractivity contribution in [1.82, 2.24) is 9.88 Å². The molecule has 1 amide bonds. The third-order valence-electron chi connectivity index (χ3n) is 3.48. The number of hydrogen-bond acceptors (Lipinski definition) is 2. The molecule has 2 aromatic carbocycles. The Kier molecular flexibility index (Phi) is 3.36. The fourth-order valence-electron chi connectivity index (χ4n) is 2.40. The van der Waals surface area contributed by atoms with Gasteiger partial charge in [0.2, 0.25) is 0 Å². The van der Waals surface area contributed by atoms with Crippen molar-refractivity contribution < 1.29 is 9.90 Å². The first-order valence-electron chi connectivity index (χ1n) is 6.74. The van der Waals surface area contributed by atoms with E-state index in [4.69, 9.17) is 0 Å². The molecule has 0 aliphatic carbocycles. The Labute approximate surface area is 122 Å². The fraction of sp³-hybridized carbons (Fsp3) is 0.118. The standard InChI is InChI=1S/C17H16N2O2/c1-19(11-12-3-2-4-15(20)9-12)17(21)14-6-5-13-7-8-18-16(13)10-14/h2-10,18,20H,11H2,1H3. The lowest BCUT2D eigenvalue weighted by Crippen LogP contribution is -2.26. The van der Waals surface area contributed by atoms with Gasteiger partial charge in [0.1, 0.15) is 5.75 Å². The van der Waals surface area contributed by atoms with Gasteiger partial charge in [-0.2, -0.15) is 0 Å². The van der Waals surface area contributed by atoms with Crippen molar-refractivity contribution in [3.05, 3.63) is 65.9 Å². The van der Waals surface area contributed by atoms with Crippen molar-refractivity contribution in [2.75, 3.05) is 7.05 Å². The first kappa shape index (κ1) is 13.2. The van der Waals surface area contributed by atoms with Crippen LogP contribution in [0, 0.1) is 0 Å². The maximum atomic E-state index is 12.4. The highest BCUT2D eigenvalue weighted by molar-refractivity contribution is 5.97. The Bertz CT molecular complexity index is 792. The Morgan fingerprint density at radius 2 is 2.05 bits per heavy atom. The Morgan fingerprint density at radius 3 is 2.86 bits per heavy atom. The molecular formula is C17H16N2O2. The van der Waals surface area contributed by atoms with Gasteiger partial charge in [0.25, 0.3) is 5.91 Å². The van der Waals surface area contributed by atoms with Crippen molar-refractivity contribution in [3.63, 3.8) is 0 Å². The zero-order chi connectivity index (χ0) is 14.8. The van der Waals surface area contributed by atoms with E-state index in [1.54, 1.807) is 30.1 Å². The van der Waals surface area contributed by atoms with Gasteiger partial charge in [-0.25, -0.2) is 0 Å². The monoisotopic (exact) mass is 280 g/mol. The summed E-state index contributed by atoms with van der Waals surface area (Å²) in [6.07, 6.45) is 1.86. The van der Waals surface area contributed by atoms with E-state index in [0.717, 1.165) is 16.5 Å². The number of carbonyl (C=O) groups excluding carboxylic acids is 1. The number of H-pyrrole nitrogens is 1. The summed E-state index contributed by atoms with van der Waals surface area (Å²) in [6.45, 7) is 0.454. The highest BCUT2D eigenvalue weighted by Gasteiger charge is 2.13. The van der Waals surface area contributed by atoms with Crippen molar-refractivity contribution in [3.8, 4) is 5.75 Å². The summed E-state index contributed by atoms with van der Waals surface area (Å²) < 4.78 is 0. The van der Waals surface area contributed by atoms with Crippen LogP contribution in [0.15, 0.2) is 54.7 Å². The van der Waals surface area contributed by atoms with E-state index in [1.807, 2.05) is 36.5 Å². The topological polar surface area (TPSA) is 56.3 Å². The van der Waals surface area contributed by atoms with E-state index in [1.165, 1.54) is 0 Å². The number of phenolic OH excluding ortho intramolecular Hbond substituents is 1. The smallest absolute Gasteiger partial charge is 0.253 e. The van der Waals surface area contributed by atoms with Gasteiger partial charge in [0.05, 0.1) is 0 Å². The Hall–Kier alpha value is -2.75. The lowest BCUT2D eigenvalue weighted by molar-refractivity contribution is 0.0785. The molecule has 2 N–H and O–H groups in total. The minimum Gasteiger partial charge on any atom is -0.508 e. The number of fused-ring (bicyclic) bond motifs is 1. The zero-order valence-electron chi connectivity index (χ0n) is 11.7. The zero-order valence-corrected chi connectivity index (χ0v) is 11.7. The lowest BCUT2D eigenvalue weighted by Gasteiger charge is -2.17. The van der Waals surface area contributed by atoms with Gasteiger partial charge in [-0.1, -0.05) is 18.2 Å². The quantitative estimate of drug-likeness (QED) is 0.774. The van der Waals surface area contributed by atoms with Gasteiger partial charge < -0.3 is 15.0 Å². The highest BCUT2D eigenvalue weighted by atomic mass is 16.3. The fourth-order valence-corrected chi connectivity index (χ4v) is 2.40. The van der Waals surface area contributed by atoms with E-state index in [9.17, 15) is 9.90 Å². The SMILES string of the molecule is CN(Cc1cccc(O)c1)C(=O)c1ccc2cc[nH]c2c1. The van der Waals surface area contributed by atoms with Crippen LogP contribution in [0.4, 0.5) is 0 Å². The highest BCUT2D eigenvalue weighted by Crippen LogP contribution is 2.17. The summed E-state index contributed by atoms with van der Waals surface area (Å²) in [7, 11) is 1.76. The molecule has 1 aromatic heterocycles. The summed E-state index contributed by atoms with van der Waals surface area (Å²) in [5.41, 5.74) is 2.49. The summed E-state index contributed by atoms with van der Waals surface area (Å²) in [5, 5.41) is 10.6. The van der Waals surface area contributed by atoms with Gasteiger partial charge >= 0.3 is 0 Å². The molecule has 1 heterocycles. The molecule has 3 aromatic rings. The van der Waals surface area contributed by atoms with Crippen molar-refractivity contribution in [2.45, 2.75) is 6.54 Å². The normalized spacial score (nSPS) is 10.7. The second kappa shape index (κ2) is 5.32. The van der Waals surface area contributed by atoms with Crippen molar-refractivity contribution >= 4 is 16.8 Å². The summed E-state index contributed by atoms with van der Waals surface area (Å²) in [4.78, 5) is 17.2. The molecule has 0 spiro atoms. The number of aromatic hydroxyl groups is 1. The number of aromatic nitrogens is 1. The first-order chi connectivity index (χ1) is 10.1. The number of aromatic amines is 1. The van der Waals surface area contributed by atoms with Gasteiger partial charge in [0, 0.05) is 30.9 Å². The van der Waals surface area contributed by atoms with Crippen LogP contribution in [-0.2, 0) is 6.54 Å². The lowest BCUT2D eigenvalue weighted by atomic mass is 10.1. The maximum absolute atomic E-state index is 12.4. The number of nitrogens with zero attached hydrogens (tertiary/aromatic N) is 1. The van der Waals surface area contributed by atoms with Crippen LogP contribution >= 0.6 is 0 Å². The molecule has 0 aliphatic rings. The molecule has 0 fully saturated rings. The molecule has 0 aliphatic heterocycles. The molecule has 0 radical (unpaired) electrons. The molecule has 0 atom stereocenters. The van der Waals surface area contributed by atoms with E-state index < -0.39 is 0 Å². The predicted octanol–water partition coefficient (Wildman–Crippen LogP) is 3.15. The molecule has 0 unspecified atom stereocenters. The van der Waals surface area contributed by atoms with Crippen LogP contribution < -0.4 is 0 Å². The second-order valence-electron chi connectivity index (χ2n) is 5.11. The molecule has 3 rings (SSSR count). The van der Waals surface area contributed by atoms with Crippen LogP contribution in [0.3, 0.4) is 0 Å². The largest absolute Gasteiger partial charge is 0.508 e. The van der Waals surface area contributed by atoms with Crippen LogP contribution in [0.25, 0.3) is 10.9 Å². The molecule has 0 bridgehead atoms. The van der Waals surface area contributed by atoms with E-state index in [-0.39, 0.29) is 11.7 Å². The Morgan fingerprint density at radius 1 is 1.19 bits per heavy atom. The summed E-state index contributed by atoms with van der Waals surface area (Å²) >= 11 is 0. The minimum atomic E-state index is -0.0464. The molecule has 21 heavy (non-hydrogen) atoms. The first-order valence-corrected chi connectivity index (χ1v) is 6.74. The van der Waals surface area contributed by atoms with Crippen LogP contribution in [0.5, 0.6) is 5.75 Å². The van der Waals surface area contributed by atoms with Crippen LogP contribution in [0.1, 0.15) is 15.9 Å². The molecule has 0 saturated heterocycles. The summed E-state index contributed by atoms with van der Waals surface area (Å²) in [6, 6.07) is 14.5. The predicted molar refractivity (Wildman–Crippen MR) is 82.2 cm³/mol. The molecule has 4 nitrogen and oxygen atoms in total. The molecule has 4 heteroatoms. The van der Waals surface area contributed by atoms with E-state index in [2.05, 4.69) is 4.98 Å². The van der Waals surface area contributed by atoms with Gasteiger partial charge in [-0.05, 0) is 41.3 Å². The molecule has 0 saturated carbocycles. The van der Waals surface area contributed by atoms with Gasteiger partial charge in [0.15, 0.2) is 0 Å². The number of carbonyl (C=O) groups is 1. The number of rotatable bonds is 3.